The predicted octanol–water partition coefficient (Wildman–Crippen LogP) is 7.20. The number of H-pyrrole nitrogens is 1. The molecule has 1 aromatic heterocycles. The Morgan fingerprint density at radius 1 is 0.667 bits per heavy atom. The third-order valence-electron chi connectivity index (χ3n) is 7.06. The number of anilines is 2. The molecule has 2 heterocycles. The average Bonchev–Trinajstić information content (AvgIpc) is 3.32. The number of hydrogen-bond acceptors (Lipinski definition) is 3. The summed E-state index contributed by atoms with van der Waals surface area (Å²) < 4.78 is 0. The summed E-state index contributed by atoms with van der Waals surface area (Å²) >= 11 is 5.84. The van der Waals surface area contributed by atoms with Crippen molar-refractivity contribution in [3.63, 3.8) is 0 Å². The number of nitrogens with one attached hydrogen (secondary N) is 1. The summed E-state index contributed by atoms with van der Waals surface area (Å²) in [7, 11) is 0. The van der Waals surface area contributed by atoms with E-state index in [1.165, 1.54) is 9.80 Å². The molecule has 0 saturated carbocycles. The van der Waals surface area contributed by atoms with Crippen molar-refractivity contribution in [2.75, 3.05) is 9.80 Å². The Kier molecular flexibility index (Phi) is 6.17. The van der Waals surface area contributed by atoms with Gasteiger partial charge >= 0.3 is 0 Å². The monoisotopic (exact) mass is 527 g/mol. The van der Waals surface area contributed by atoms with Gasteiger partial charge in [-0.1, -0.05) is 84.9 Å². The lowest BCUT2D eigenvalue weighted by Gasteiger charge is -2.37. The number of thiocarbonyl (C=S) groups is 1. The average molecular weight is 528 g/mol. The van der Waals surface area contributed by atoms with Gasteiger partial charge in [0.25, 0.3) is 11.8 Å². The van der Waals surface area contributed by atoms with E-state index in [2.05, 4.69) is 4.98 Å². The second-order valence-corrected chi connectivity index (χ2v) is 9.89. The standard InChI is InChI=1S/C33H25N3O2S/c1-21-12-6-10-18-28(21)35-31(37)26(32(38)36(33(35)39)29-19-11-7-13-22(29)2)20-25-24-16-8-9-17-27(24)34-30(25)23-14-4-3-5-15-23/h3-20,34H,1-2H3. The summed E-state index contributed by atoms with van der Waals surface area (Å²) in [5.74, 6) is -0.901. The van der Waals surface area contributed by atoms with Crippen LogP contribution in [0.15, 0.2) is 109 Å². The number of amides is 2. The van der Waals surface area contributed by atoms with Gasteiger partial charge in [0.1, 0.15) is 5.57 Å². The first-order chi connectivity index (χ1) is 19.0. The molecule has 1 aliphatic heterocycles. The molecule has 5 aromatic rings. The molecule has 0 bridgehead atoms. The normalized spacial score (nSPS) is 13.9. The first kappa shape index (κ1) is 24.5. The molecule has 190 valence electrons. The first-order valence-electron chi connectivity index (χ1n) is 12.7. The summed E-state index contributed by atoms with van der Waals surface area (Å²) in [6.07, 6.45) is 1.71. The number of benzene rings is 4. The van der Waals surface area contributed by atoms with Crippen LogP contribution in [0.25, 0.3) is 28.2 Å². The maximum atomic E-state index is 14.2. The Hall–Kier alpha value is -4.81. The van der Waals surface area contributed by atoms with Gasteiger partial charge in [0.2, 0.25) is 0 Å². The fourth-order valence-corrected chi connectivity index (χ4v) is 5.44. The smallest absolute Gasteiger partial charge is 0.270 e. The van der Waals surface area contributed by atoms with Crippen LogP contribution >= 0.6 is 12.2 Å². The van der Waals surface area contributed by atoms with Gasteiger partial charge in [0.05, 0.1) is 17.1 Å². The Balaban J connectivity index is 1.61. The first-order valence-corrected chi connectivity index (χ1v) is 13.1. The van der Waals surface area contributed by atoms with Crippen molar-refractivity contribution in [1.82, 2.24) is 4.98 Å². The van der Waals surface area contributed by atoms with E-state index in [9.17, 15) is 9.59 Å². The van der Waals surface area contributed by atoms with Crippen LogP contribution in [0.4, 0.5) is 11.4 Å². The SMILES string of the molecule is Cc1ccccc1N1C(=O)C(=Cc2c(-c3ccccc3)[nH]c3ccccc23)C(=O)N(c2ccccc2C)C1=S. The van der Waals surface area contributed by atoms with Gasteiger partial charge in [-0.2, -0.15) is 0 Å². The fourth-order valence-electron chi connectivity index (χ4n) is 5.07. The van der Waals surface area contributed by atoms with E-state index in [1.54, 1.807) is 6.08 Å². The van der Waals surface area contributed by atoms with Crippen molar-refractivity contribution in [2.24, 2.45) is 0 Å². The van der Waals surface area contributed by atoms with E-state index in [1.807, 2.05) is 117 Å². The molecular weight excluding hydrogens is 502 g/mol. The number of nitrogens with zero attached hydrogens (tertiary/aromatic N) is 2. The minimum absolute atomic E-state index is 0.0389. The van der Waals surface area contributed by atoms with E-state index in [0.29, 0.717) is 11.4 Å². The van der Waals surface area contributed by atoms with Gasteiger partial charge in [-0.3, -0.25) is 19.4 Å². The van der Waals surface area contributed by atoms with Crippen LogP contribution in [-0.4, -0.2) is 21.9 Å². The van der Waals surface area contributed by atoms with E-state index in [0.717, 1.165) is 38.9 Å². The maximum absolute atomic E-state index is 14.2. The van der Waals surface area contributed by atoms with Gasteiger partial charge in [-0.15, -0.1) is 0 Å². The van der Waals surface area contributed by atoms with Gasteiger partial charge in [-0.05, 0) is 67.0 Å². The van der Waals surface area contributed by atoms with Crippen LogP contribution in [0.2, 0.25) is 0 Å². The molecule has 0 radical (unpaired) electrons. The molecule has 1 saturated heterocycles. The predicted molar refractivity (Wildman–Crippen MR) is 162 cm³/mol. The Bertz CT molecular complexity index is 1730. The Labute approximate surface area is 232 Å². The molecule has 1 aliphatic rings. The lowest BCUT2D eigenvalue weighted by atomic mass is 9.99. The van der Waals surface area contributed by atoms with E-state index < -0.39 is 11.8 Å². The minimum Gasteiger partial charge on any atom is -0.354 e. The van der Waals surface area contributed by atoms with Gasteiger partial charge < -0.3 is 4.98 Å². The van der Waals surface area contributed by atoms with Crippen LogP contribution in [0.5, 0.6) is 0 Å². The summed E-state index contributed by atoms with van der Waals surface area (Å²) in [5, 5.41) is 1.05. The second kappa shape index (κ2) is 9.82. The zero-order valence-electron chi connectivity index (χ0n) is 21.5. The van der Waals surface area contributed by atoms with Crippen molar-refractivity contribution < 1.29 is 9.59 Å². The lowest BCUT2D eigenvalue weighted by molar-refractivity contribution is -0.120. The molecule has 0 atom stereocenters. The Morgan fingerprint density at radius 2 is 1.18 bits per heavy atom. The van der Waals surface area contributed by atoms with E-state index in [-0.39, 0.29) is 10.7 Å². The van der Waals surface area contributed by atoms with Crippen LogP contribution in [0.1, 0.15) is 16.7 Å². The molecule has 1 N–H and O–H groups in total. The summed E-state index contributed by atoms with van der Waals surface area (Å²) in [6, 6.07) is 32.9. The molecule has 39 heavy (non-hydrogen) atoms. The van der Waals surface area contributed by atoms with Gasteiger partial charge in [0, 0.05) is 16.5 Å². The number of para-hydroxylation sites is 3. The minimum atomic E-state index is -0.451. The number of aromatic amines is 1. The van der Waals surface area contributed by atoms with Crippen LogP contribution in [-0.2, 0) is 9.59 Å². The van der Waals surface area contributed by atoms with Gasteiger partial charge in [-0.25, -0.2) is 0 Å². The number of hydrogen-bond donors (Lipinski definition) is 1. The number of carbonyl (C=O) groups excluding carboxylic acids is 2. The molecule has 0 spiro atoms. The maximum Gasteiger partial charge on any atom is 0.270 e. The molecule has 6 heteroatoms. The molecule has 6 rings (SSSR count). The van der Waals surface area contributed by atoms with Crippen molar-refractivity contribution in [2.45, 2.75) is 13.8 Å². The summed E-state index contributed by atoms with van der Waals surface area (Å²) in [6.45, 7) is 3.85. The highest BCUT2D eigenvalue weighted by molar-refractivity contribution is 7.81. The zero-order chi connectivity index (χ0) is 27.1. The second-order valence-electron chi connectivity index (χ2n) is 9.52. The van der Waals surface area contributed by atoms with Crippen molar-refractivity contribution in [3.05, 3.63) is 125 Å². The molecule has 0 aliphatic carbocycles. The van der Waals surface area contributed by atoms with E-state index in [4.69, 9.17) is 12.2 Å². The van der Waals surface area contributed by atoms with Crippen LogP contribution in [0, 0.1) is 13.8 Å². The van der Waals surface area contributed by atoms with Gasteiger partial charge in [0.15, 0.2) is 5.11 Å². The molecular formula is C33H25N3O2S. The quantitative estimate of drug-likeness (QED) is 0.153. The molecule has 1 fully saturated rings. The molecule has 0 unspecified atom stereocenters. The van der Waals surface area contributed by atoms with Crippen molar-refractivity contribution in [3.8, 4) is 11.3 Å². The largest absolute Gasteiger partial charge is 0.354 e. The molecule has 5 nitrogen and oxygen atoms in total. The summed E-state index contributed by atoms with van der Waals surface area (Å²) in [5.41, 5.74) is 6.57. The number of fused-ring (bicyclic) bond motifs is 1. The number of aromatic nitrogens is 1. The number of carbonyl (C=O) groups is 2. The van der Waals surface area contributed by atoms with Crippen molar-refractivity contribution >= 4 is 57.5 Å². The van der Waals surface area contributed by atoms with E-state index >= 15 is 0 Å². The van der Waals surface area contributed by atoms with Crippen LogP contribution < -0.4 is 9.80 Å². The molecule has 4 aromatic carbocycles. The lowest BCUT2D eigenvalue weighted by Crippen LogP contribution is -2.57. The third kappa shape index (κ3) is 4.15. The molecule has 2 amide bonds. The third-order valence-corrected chi connectivity index (χ3v) is 7.42. The summed E-state index contributed by atoms with van der Waals surface area (Å²) in [4.78, 5) is 34.8. The highest BCUT2D eigenvalue weighted by atomic mass is 32.1. The zero-order valence-corrected chi connectivity index (χ0v) is 22.3. The highest BCUT2D eigenvalue weighted by Crippen LogP contribution is 2.36. The number of rotatable bonds is 4. The topological polar surface area (TPSA) is 56.4 Å². The Morgan fingerprint density at radius 3 is 1.77 bits per heavy atom. The highest BCUT2D eigenvalue weighted by Gasteiger charge is 2.42. The van der Waals surface area contributed by atoms with Crippen LogP contribution in [0.3, 0.4) is 0 Å². The number of aryl methyl sites for hydroxylation is 2. The fraction of sp³-hybridized carbons (Fsp3) is 0.0606. The van der Waals surface area contributed by atoms with Crippen molar-refractivity contribution in [1.29, 1.82) is 0 Å².